The molecule has 0 unspecified atom stereocenters. The van der Waals surface area contributed by atoms with Crippen molar-refractivity contribution in [1.29, 1.82) is 0 Å². The van der Waals surface area contributed by atoms with Gasteiger partial charge in [0.2, 0.25) is 5.91 Å². The highest BCUT2D eigenvalue weighted by molar-refractivity contribution is 5.96. The summed E-state index contributed by atoms with van der Waals surface area (Å²) in [4.78, 5) is 36.0. The smallest absolute Gasteiger partial charge is 0.309 e. The van der Waals surface area contributed by atoms with E-state index in [1.54, 1.807) is 20.8 Å². The average molecular weight is 334 g/mol. The first kappa shape index (κ1) is 17.8. The van der Waals surface area contributed by atoms with Gasteiger partial charge in [-0.3, -0.25) is 25.2 Å². The molecule has 0 saturated heterocycles. The van der Waals surface area contributed by atoms with Gasteiger partial charge >= 0.3 is 5.97 Å². The lowest BCUT2D eigenvalue weighted by Gasteiger charge is -2.37. The summed E-state index contributed by atoms with van der Waals surface area (Å²) in [5, 5.41) is 18.8. The minimum atomic E-state index is -0.996. The highest BCUT2D eigenvalue weighted by Gasteiger charge is 2.58. The Hall–Kier alpha value is -2.57. The molecule has 7 heteroatoms. The summed E-state index contributed by atoms with van der Waals surface area (Å²) >= 11 is 0. The van der Waals surface area contributed by atoms with Crippen LogP contribution in [0.15, 0.2) is 24.3 Å². The molecule has 0 heterocycles. The van der Waals surface area contributed by atoms with Gasteiger partial charge in [0.25, 0.3) is 5.91 Å². The third kappa shape index (κ3) is 2.93. The first-order valence-electron chi connectivity index (χ1n) is 7.72. The lowest BCUT2D eigenvalue weighted by atomic mass is 9.65. The first-order chi connectivity index (χ1) is 11.1. The van der Waals surface area contributed by atoms with Crippen LogP contribution in [0.3, 0.4) is 0 Å². The zero-order valence-corrected chi connectivity index (χ0v) is 13.9. The van der Waals surface area contributed by atoms with Crippen LogP contribution in [-0.2, 0) is 9.59 Å². The van der Waals surface area contributed by atoms with Crippen LogP contribution >= 0.6 is 0 Å². The van der Waals surface area contributed by atoms with Crippen molar-refractivity contribution in [2.24, 2.45) is 16.7 Å². The van der Waals surface area contributed by atoms with Crippen molar-refractivity contribution in [2.75, 3.05) is 0 Å². The number of carboxylic acid groups (broad SMARTS) is 1. The van der Waals surface area contributed by atoms with Gasteiger partial charge in [-0.1, -0.05) is 19.9 Å². The van der Waals surface area contributed by atoms with Gasteiger partial charge in [0, 0.05) is 11.5 Å². The number of carbonyl (C=O) groups is 3. The van der Waals surface area contributed by atoms with Gasteiger partial charge in [-0.2, -0.15) is 0 Å². The molecule has 1 aromatic carbocycles. The SMILES string of the molecule is CC1(C)[C@H](C(=O)NNC(=O)c2cccc(O)c2)CC[C@@]1(C)C(=O)O. The number of benzene rings is 1. The highest BCUT2D eigenvalue weighted by Crippen LogP contribution is 2.56. The summed E-state index contributed by atoms with van der Waals surface area (Å²) in [6.45, 7) is 5.17. The maximum Gasteiger partial charge on any atom is 0.309 e. The Morgan fingerprint density at radius 3 is 2.38 bits per heavy atom. The van der Waals surface area contributed by atoms with Gasteiger partial charge in [0.05, 0.1) is 5.41 Å². The zero-order valence-electron chi connectivity index (χ0n) is 13.9. The molecule has 130 valence electrons. The number of hydrazine groups is 1. The summed E-state index contributed by atoms with van der Waals surface area (Å²) < 4.78 is 0. The van der Waals surface area contributed by atoms with E-state index < -0.39 is 34.5 Å². The van der Waals surface area contributed by atoms with Crippen molar-refractivity contribution in [3.05, 3.63) is 29.8 Å². The van der Waals surface area contributed by atoms with Gasteiger partial charge in [-0.25, -0.2) is 0 Å². The molecule has 0 spiro atoms. The van der Waals surface area contributed by atoms with E-state index in [9.17, 15) is 24.6 Å². The number of aromatic hydroxyl groups is 1. The van der Waals surface area contributed by atoms with Crippen molar-refractivity contribution >= 4 is 17.8 Å². The maximum atomic E-state index is 12.4. The largest absolute Gasteiger partial charge is 0.508 e. The summed E-state index contributed by atoms with van der Waals surface area (Å²) in [6, 6.07) is 5.73. The second-order valence-electron chi connectivity index (χ2n) is 6.94. The molecule has 1 saturated carbocycles. The second kappa shape index (κ2) is 6.14. The molecule has 0 aliphatic heterocycles. The summed E-state index contributed by atoms with van der Waals surface area (Å²) in [7, 11) is 0. The van der Waals surface area contributed by atoms with Crippen molar-refractivity contribution < 1.29 is 24.6 Å². The number of hydrogen-bond donors (Lipinski definition) is 4. The number of carboxylic acids is 1. The number of aliphatic carboxylic acids is 1. The van der Waals surface area contributed by atoms with E-state index in [0.717, 1.165) is 0 Å². The molecule has 0 radical (unpaired) electrons. The molecule has 1 aliphatic carbocycles. The number of nitrogens with one attached hydrogen (secondary N) is 2. The topological polar surface area (TPSA) is 116 Å². The van der Waals surface area contributed by atoms with Gasteiger partial charge < -0.3 is 10.2 Å². The van der Waals surface area contributed by atoms with Crippen LogP contribution < -0.4 is 10.9 Å². The summed E-state index contributed by atoms with van der Waals surface area (Å²) in [5.74, 6) is -2.48. The van der Waals surface area contributed by atoms with Crippen LogP contribution in [0.2, 0.25) is 0 Å². The standard InChI is InChI=1S/C17H22N2O5/c1-16(2)12(7-8-17(16,3)15(23)24)14(22)19-18-13(21)10-5-4-6-11(20)9-10/h4-6,9,12,20H,7-8H2,1-3H3,(H,18,21)(H,19,22)(H,23,24)/t12-,17-/m0/s1. The fraction of sp³-hybridized carbons (Fsp3) is 0.471. The quantitative estimate of drug-likeness (QED) is 0.628. The predicted octanol–water partition coefficient (Wildman–Crippen LogP) is 1.68. The number of amides is 2. The Kier molecular flexibility index (Phi) is 4.55. The summed E-state index contributed by atoms with van der Waals surface area (Å²) in [6.07, 6.45) is 0.831. The van der Waals surface area contributed by atoms with Crippen LogP contribution in [0.4, 0.5) is 0 Å². The number of hydrogen-bond acceptors (Lipinski definition) is 4. The van der Waals surface area contributed by atoms with Gasteiger partial charge in [0.1, 0.15) is 5.75 Å². The maximum absolute atomic E-state index is 12.4. The molecule has 1 aromatic rings. The molecule has 24 heavy (non-hydrogen) atoms. The Morgan fingerprint density at radius 2 is 1.83 bits per heavy atom. The molecule has 0 bridgehead atoms. The molecule has 0 aromatic heterocycles. The molecule has 7 nitrogen and oxygen atoms in total. The molecule has 2 rings (SSSR count). The lowest BCUT2D eigenvalue weighted by molar-refractivity contribution is -0.155. The Balaban J connectivity index is 2.03. The van der Waals surface area contributed by atoms with E-state index in [1.807, 2.05) is 0 Å². The van der Waals surface area contributed by atoms with Crippen molar-refractivity contribution in [2.45, 2.75) is 33.6 Å². The van der Waals surface area contributed by atoms with E-state index in [0.29, 0.717) is 12.8 Å². The highest BCUT2D eigenvalue weighted by atomic mass is 16.4. The molecule has 1 fully saturated rings. The molecule has 4 N–H and O–H groups in total. The number of rotatable bonds is 3. The third-order valence-corrected chi connectivity index (χ3v) is 5.42. The number of phenols is 1. The van der Waals surface area contributed by atoms with Gasteiger partial charge in [0.15, 0.2) is 0 Å². The average Bonchev–Trinajstić information content (AvgIpc) is 2.76. The van der Waals surface area contributed by atoms with Crippen molar-refractivity contribution in [1.82, 2.24) is 10.9 Å². The molecular weight excluding hydrogens is 312 g/mol. The van der Waals surface area contributed by atoms with Gasteiger partial charge in [-0.05, 0) is 43.4 Å². The molecule has 2 amide bonds. The van der Waals surface area contributed by atoms with Crippen LogP contribution in [0.1, 0.15) is 44.0 Å². The Labute approximate surface area is 140 Å². The monoisotopic (exact) mass is 334 g/mol. The molecular formula is C17H22N2O5. The predicted molar refractivity (Wildman–Crippen MR) is 86.0 cm³/mol. The van der Waals surface area contributed by atoms with Crippen molar-refractivity contribution in [3.8, 4) is 5.75 Å². The minimum absolute atomic E-state index is 0.0527. The summed E-state index contributed by atoms with van der Waals surface area (Å²) in [5.41, 5.74) is 3.12. The normalized spacial score (nSPS) is 25.0. The second-order valence-corrected chi connectivity index (χ2v) is 6.94. The lowest BCUT2D eigenvalue weighted by Crippen LogP contribution is -2.49. The van der Waals surface area contributed by atoms with Crippen molar-refractivity contribution in [3.63, 3.8) is 0 Å². The Morgan fingerprint density at radius 1 is 1.17 bits per heavy atom. The zero-order chi connectivity index (χ0) is 18.1. The number of phenolic OH excluding ortho intramolecular Hbond substituents is 1. The first-order valence-corrected chi connectivity index (χ1v) is 7.72. The fourth-order valence-electron chi connectivity index (χ4n) is 3.27. The van der Waals surface area contributed by atoms with Crippen LogP contribution in [0, 0.1) is 16.7 Å². The van der Waals surface area contributed by atoms with E-state index in [4.69, 9.17) is 0 Å². The third-order valence-electron chi connectivity index (χ3n) is 5.42. The minimum Gasteiger partial charge on any atom is -0.508 e. The molecule has 1 aliphatic rings. The van der Waals surface area contributed by atoms with E-state index in [-0.39, 0.29) is 11.3 Å². The van der Waals surface area contributed by atoms with E-state index in [1.165, 1.54) is 24.3 Å². The van der Waals surface area contributed by atoms with Crippen LogP contribution in [0.25, 0.3) is 0 Å². The van der Waals surface area contributed by atoms with Crippen LogP contribution in [-0.4, -0.2) is 28.0 Å². The number of carbonyl (C=O) groups excluding carboxylic acids is 2. The van der Waals surface area contributed by atoms with E-state index >= 15 is 0 Å². The van der Waals surface area contributed by atoms with Gasteiger partial charge in [-0.15, -0.1) is 0 Å². The Bertz CT molecular complexity index is 685. The fourth-order valence-corrected chi connectivity index (χ4v) is 3.27. The van der Waals surface area contributed by atoms with E-state index in [2.05, 4.69) is 10.9 Å². The molecule has 2 atom stereocenters. The van der Waals surface area contributed by atoms with Crippen LogP contribution in [0.5, 0.6) is 5.75 Å².